The molecule has 2 aromatic rings. The van der Waals surface area contributed by atoms with Crippen molar-refractivity contribution >= 4 is 23.2 Å². The summed E-state index contributed by atoms with van der Waals surface area (Å²) in [5.74, 6) is 0.995. The van der Waals surface area contributed by atoms with Crippen LogP contribution in [0, 0.1) is 0 Å². The lowest BCUT2D eigenvalue weighted by Gasteiger charge is -2.25. The number of anilines is 2. The summed E-state index contributed by atoms with van der Waals surface area (Å²) in [6, 6.07) is 12.3. The van der Waals surface area contributed by atoms with Gasteiger partial charge in [-0.25, -0.2) is 0 Å². The van der Waals surface area contributed by atoms with Crippen LogP contribution >= 0.6 is 0 Å². The SMILES string of the molecule is CCOc1ccc(OCC)c(NC(=O)C[C@@H]2Oc3ccccc3NC2=O)c1. The van der Waals surface area contributed by atoms with Crippen molar-refractivity contribution < 1.29 is 23.8 Å². The van der Waals surface area contributed by atoms with E-state index in [9.17, 15) is 9.59 Å². The molecular weight excluding hydrogens is 348 g/mol. The van der Waals surface area contributed by atoms with E-state index in [2.05, 4.69) is 10.6 Å². The highest BCUT2D eigenvalue weighted by Gasteiger charge is 2.29. The van der Waals surface area contributed by atoms with E-state index in [-0.39, 0.29) is 18.2 Å². The molecule has 0 unspecified atom stereocenters. The Balaban J connectivity index is 1.70. The minimum Gasteiger partial charge on any atom is -0.494 e. The van der Waals surface area contributed by atoms with Crippen molar-refractivity contribution in [3.63, 3.8) is 0 Å². The van der Waals surface area contributed by atoms with Gasteiger partial charge in [-0.3, -0.25) is 9.59 Å². The molecule has 0 radical (unpaired) electrons. The third kappa shape index (κ3) is 4.49. The quantitative estimate of drug-likeness (QED) is 0.782. The fourth-order valence-corrected chi connectivity index (χ4v) is 2.74. The van der Waals surface area contributed by atoms with Crippen molar-refractivity contribution in [1.29, 1.82) is 0 Å². The maximum Gasteiger partial charge on any atom is 0.266 e. The highest BCUT2D eigenvalue weighted by atomic mass is 16.5. The molecule has 7 heteroatoms. The highest BCUT2D eigenvalue weighted by Crippen LogP contribution is 2.31. The van der Waals surface area contributed by atoms with Crippen LogP contribution in [0.25, 0.3) is 0 Å². The van der Waals surface area contributed by atoms with Gasteiger partial charge < -0.3 is 24.8 Å². The lowest BCUT2D eigenvalue weighted by atomic mass is 10.1. The molecule has 2 aromatic carbocycles. The van der Waals surface area contributed by atoms with E-state index in [1.807, 2.05) is 13.8 Å². The van der Waals surface area contributed by atoms with Crippen molar-refractivity contribution in [3.8, 4) is 17.2 Å². The van der Waals surface area contributed by atoms with Crippen LogP contribution in [0.5, 0.6) is 17.2 Å². The first-order chi connectivity index (χ1) is 13.1. The summed E-state index contributed by atoms with van der Waals surface area (Å²) in [6.45, 7) is 4.71. The number of amides is 2. The maximum absolute atomic E-state index is 12.5. The van der Waals surface area contributed by atoms with E-state index >= 15 is 0 Å². The van der Waals surface area contributed by atoms with E-state index in [4.69, 9.17) is 14.2 Å². The van der Waals surface area contributed by atoms with Gasteiger partial charge in [0.25, 0.3) is 5.91 Å². The first kappa shape index (κ1) is 18.6. The summed E-state index contributed by atoms with van der Waals surface area (Å²) in [4.78, 5) is 24.7. The number of carbonyl (C=O) groups is 2. The molecule has 0 spiro atoms. The van der Waals surface area contributed by atoms with E-state index in [0.717, 1.165) is 0 Å². The van der Waals surface area contributed by atoms with E-state index in [1.54, 1.807) is 42.5 Å². The normalized spacial score (nSPS) is 15.2. The van der Waals surface area contributed by atoms with Crippen molar-refractivity contribution in [3.05, 3.63) is 42.5 Å². The molecule has 2 amide bonds. The Morgan fingerprint density at radius 1 is 1.15 bits per heavy atom. The Labute approximate surface area is 157 Å². The third-order valence-corrected chi connectivity index (χ3v) is 3.91. The first-order valence-corrected chi connectivity index (χ1v) is 8.86. The summed E-state index contributed by atoms with van der Waals surface area (Å²) < 4.78 is 16.7. The molecule has 0 aromatic heterocycles. The molecule has 1 heterocycles. The van der Waals surface area contributed by atoms with Crippen LogP contribution in [0.3, 0.4) is 0 Å². The molecule has 0 aliphatic carbocycles. The van der Waals surface area contributed by atoms with Gasteiger partial charge in [0, 0.05) is 6.07 Å². The van der Waals surface area contributed by atoms with E-state index < -0.39 is 6.10 Å². The lowest BCUT2D eigenvalue weighted by molar-refractivity contribution is -0.128. The standard InChI is InChI=1S/C20H22N2O5/c1-3-25-13-9-10-16(26-4-2)15(11-13)21-19(23)12-18-20(24)22-14-7-5-6-8-17(14)27-18/h5-11,18H,3-4,12H2,1-2H3,(H,21,23)(H,22,24)/t18-/m0/s1. The van der Waals surface area contributed by atoms with Crippen LogP contribution in [-0.4, -0.2) is 31.1 Å². The van der Waals surface area contributed by atoms with Crippen molar-refractivity contribution in [2.45, 2.75) is 26.4 Å². The number of rotatable bonds is 7. The van der Waals surface area contributed by atoms with Gasteiger partial charge >= 0.3 is 0 Å². The van der Waals surface area contributed by atoms with Gasteiger partial charge in [-0.2, -0.15) is 0 Å². The zero-order chi connectivity index (χ0) is 19.2. The van der Waals surface area contributed by atoms with Gasteiger partial charge in [-0.15, -0.1) is 0 Å². The third-order valence-electron chi connectivity index (χ3n) is 3.91. The van der Waals surface area contributed by atoms with Gasteiger partial charge in [-0.05, 0) is 38.1 Å². The maximum atomic E-state index is 12.5. The van der Waals surface area contributed by atoms with E-state index in [0.29, 0.717) is 41.8 Å². The van der Waals surface area contributed by atoms with Crippen LogP contribution in [0.2, 0.25) is 0 Å². The molecule has 1 aliphatic heterocycles. The average Bonchev–Trinajstić information content (AvgIpc) is 2.65. The molecule has 27 heavy (non-hydrogen) atoms. The number of nitrogens with one attached hydrogen (secondary N) is 2. The van der Waals surface area contributed by atoms with Gasteiger partial charge in [0.2, 0.25) is 5.91 Å². The summed E-state index contributed by atoms with van der Waals surface area (Å²) in [5.41, 5.74) is 1.09. The zero-order valence-electron chi connectivity index (χ0n) is 15.3. The summed E-state index contributed by atoms with van der Waals surface area (Å²) in [5, 5.41) is 5.53. The van der Waals surface area contributed by atoms with Crippen LogP contribution < -0.4 is 24.8 Å². The smallest absolute Gasteiger partial charge is 0.266 e. The van der Waals surface area contributed by atoms with Crippen molar-refractivity contribution in [1.82, 2.24) is 0 Å². The van der Waals surface area contributed by atoms with Crippen LogP contribution in [-0.2, 0) is 9.59 Å². The number of hydrogen-bond acceptors (Lipinski definition) is 5. The Morgan fingerprint density at radius 3 is 2.70 bits per heavy atom. The summed E-state index contributed by atoms with van der Waals surface area (Å²) in [7, 11) is 0. The second-order valence-corrected chi connectivity index (χ2v) is 5.87. The van der Waals surface area contributed by atoms with Crippen molar-refractivity contribution in [2.24, 2.45) is 0 Å². The van der Waals surface area contributed by atoms with Gasteiger partial charge in [0.05, 0.1) is 31.0 Å². The number of carbonyl (C=O) groups excluding carboxylic acids is 2. The number of ether oxygens (including phenoxy) is 3. The Hall–Kier alpha value is -3.22. The molecule has 0 saturated heterocycles. The number of fused-ring (bicyclic) bond motifs is 1. The molecule has 0 fully saturated rings. The predicted octanol–water partition coefficient (Wildman–Crippen LogP) is 3.21. The Bertz CT molecular complexity index is 837. The van der Waals surface area contributed by atoms with E-state index in [1.165, 1.54) is 0 Å². The monoisotopic (exact) mass is 370 g/mol. The molecule has 0 bridgehead atoms. The predicted molar refractivity (Wildman–Crippen MR) is 102 cm³/mol. The minimum absolute atomic E-state index is 0.120. The summed E-state index contributed by atoms with van der Waals surface area (Å²) in [6.07, 6.45) is -1.02. The topological polar surface area (TPSA) is 85.9 Å². The zero-order valence-corrected chi connectivity index (χ0v) is 15.3. The fraction of sp³-hybridized carbons (Fsp3) is 0.300. The van der Waals surface area contributed by atoms with Crippen LogP contribution in [0.15, 0.2) is 42.5 Å². The van der Waals surface area contributed by atoms with Gasteiger partial charge in [0.1, 0.15) is 17.2 Å². The fourth-order valence-electron chi connectivity index (χ4n) is 2.74. The molecule has 0 saturated carbocycles. The molecule has 2 N–H and O–H groups in total. The Morgan fingerprint density at radius 2 is 1.93 bits per heavy atom. The van der Waals surface area contributed by atoms with Gasteiger partial charge in [-0.1, -0.05) is 12.1 Å². The molecule has 7 nitrogen and oxygen atoms in total. The number of para-hydroxylation sites is 2. The number of benzene rings is 2. The number of hydrogen-bond donors (Lipinski definition) is 2. The molecule has 3 rings (SSSR count). The molecule has 1 atom stereocenters. The van der Waals surface area contributed by atoms with Crippen molar-refractivity contribution in [2.75, 3.05) is 23.8 Å². The Kier molecular flexibility index (Phi) is 5.80. The second-order valence-electron chi connectivity index (χ2n) is 5.87. The largest absolute Gasteiger partial charge is 0.494 e. The highest BCUT2D eigenvalue weighted by molar-refractivity contribution is 6.02. The molecule has 142 valence electrons. The van der Waals surface area contributed by atoms with Crippen LogP contribution in [0.4, 0.5) is 11.4 Å². The average molecular weight is 370 g/mol. The summed E-state index contributed by atoms with van der Waals surface area (Å²) >= 11 is 0. The minimum atomic E-state index is -0.898. The molecular formula is C20H22N2O5. The second kappa shape index (κ2) is 8.44. The lowest BCUT2D eigenvalue weighted by Crippen LogP contribution is -2.39. The first-order valence-electron chi connectivity index (χ1n) is 8.86. The van der Waals surface area contributed by atoms with Gasteiger partial charge in [0.15, 0.2) is 6.10 Å². The van der Waals surface area contributed by atoms with Crippen LogP contribution in [0.1, 0.15) is 20.3 Å². The molecule has 1 aliphatic rings.